The van der Waals surface area contributed by atoms with Crippen molar-refractivity contribution in [1.82, 2.24) is 9.55 Å². The van der Waals surface area contributed by atoms with E-state index in [2.05, 4.69) is 4.98 Å². The number of nitrogens with zero attached hydrogens (tertiary/aromatic N) is 2. The Hall–Kier alpha value is -2.21. The van der Waals surface area contributed by atoms with Crippen molar-refractivity contribution in [2.45, 2.75) is 0 Å². The molecule has 21 heavy (non-hydrogen) atoms. The average Bonchev–Trinajstić information content (AvgIpc) is 2.75. The van der Waals surface area contributed by atoms with Crippen molar-refractivity contribution in [2.75, 3.05) is 19.0 Å². The lowest BCUT2D eigenvalue weighted by Crippen LogP contribution is -2.12. The van der Waals surface area contributed by atoms with Gasteiger partial charge in [-0.3, -0.25) is 4.57 Å². The highest BCUT2D eigenvalue weighted by Gasteiger charge is 2.15. The summed E-state index contributed by atoms with van der Waals surface area (Å²) in [6, 6.07) is 9.66. The van der Waals surface area contributed by atoms with Crippen molar-refractivity contribution in [1.29, 1.82) is 0 Å². The second kappa shape index (κ2) is 4.96. The molecule has 6 heteroatoms. The minimum Gasteiger partial charge on any atom is -0.376 e. The molecule has 3 nitrogen and oxygen atoms in total. The highest BCUT2D eigenvalue weighted by atomic mass is 32.1. The van der Waals surface area contributed by atoms with Gasteiger partial charge in [-0.1, -0.05) is 12.1 Å². The first-order valence-electron chi connectivity index (χ1n) is 6.35. The van der Waals surface area contributed by atoms with Gasteiger partial charge in [0.05, 0.1) is 16.9 Å². The van der Waals surface area contributed by atoms with E-state index in [9.17, 15) is 8.78 Å². The van der Waals surface area contributed by atoms with Gasteiger partial charge in [-0.2, -0.15) is 0 Å². The van der Waals surface area contributed by atoms with Crippen molar-refractivity contribution in [2.24, 2.45) is 0 Å². The number of hydrogen-bond acceptors (Lipinski definition) is 2. The fourth-order valence-electron chi connectivity index (χ4n) is 2.40. The maximum atomic E-state index is 13.9. The number of para-hydroxylation sites is 2. The van der Waals surface area contributed by atoms with Gasteiger partial charge in [0.1, 0.15) is 11.3 Å². The molecule has 0 saturated carbocycles. The Morgan fingerprint density at radius 1 is 1.14 bits per heavy atom. The van der Waals surface area contributed by atoms with Gasteiger partial charge < -0.3 is 9.88 Å². The zero-order valence-electron chi connectivity index (χ0n) is 11.5. The molecular weight excluding hydrogens is 292 g/mol. The van der Waals surface area contributed by atoms with Crippen molar-refractivity contribution < 1.29 is 8.78 Å². The number of fused-ring (bicyclic) bond motifs is 1. The van der Waals surface area contributed by atoms with Crippen molar-refractivity contribution in [3.8, 4) is 5.69 Å². The number of imidazole rings is 1. The zero-order chi connectivity index (χ0) is 15.1. The molecule has 0 bridgehead atoms. The third-order valence-electron chi connectivity index (χ3n) is 3.31. The van der Waals surface area contributed by atoms with Gasteiger partial charge in [-0.25, -0.2) is 8.78 Å². The van der Waals surface area contributed by atoms with Crippen LogP contribution in [-0.4, -0.2) is 23.6 Å². The van der Waals surface area contributed by atoms with Crippen LogP contribution in [0.1, 0.15) is 0 Å². The van der Waals surface area contributed by atoms with Gasteiger partial charge in [-0.15, -0.1) is 0 Å². The molecule has 0 radical (unpaired) electrons. The third kappa shape index (κ3) is 2.21. The number of hydrogen-bond donors (Lipinski definition) is 1. The molecule has 1 N–H and O–H groups in total. The Morgan fingerprint density at radius 2 is 1.86 bits per heavy atom. The molecule has 0 spiro atoms. The van der Waals surface area contributed by atoms with E-state index in [4.69, 9.17) is 12.2 Å². The van der Waals surface area contributed by atoms with Crippen LogP contribution in [0.5, 0.6) is 0 Å². The Balaban J connectivity index is 2.41. The average molecular weight is 305 g/mol. The summed E-state index contributed by atoms with van der Waals surface area (Å²) in [7, 11) is 3.80. The highest BCUT2D eigenvalue weighted by Crippen LogP contribution is 2.28. The molecule has 3 aromatic rings. The molecule has 0 amide bonds. The first-order valence-corrected chi connectivity index (χ1v) is 6.76. The minimum atomic E-state index is -0.655. The number of aromatic nitrogens is 2. The summed E-state index contributed by atoms with van der Waals surface area (Å²) in [5, 5.41) is 0. The topological polar surface area (TPSA) is 24.0 Å². The lowest BCUT2D eigenvalue weighted by atomic mass is 10.2. The van der Waals surface area contributed by atoms with Crippen LogP contribution in [0.2, 0.25) is 0 Å². The fourth-order valence-corrected chi connectivity index (χ4v) is 2.70. The predicted octanol–water partition coefficient (Wildman–Crippen LogP) is 4.03. The second-order valence-corrected chi connectivity index (χ2v) is 5.32. The van der Waals surface area contributed by atoms with Crippen LogP contribution >= 0.6 is 12.2 Å². The lowest BCUT2D eigenvalue weighted by Gasteiger charge is -2.18. The number of halogens is 2. The molecule has 1 aromatic heterocycles. The molecule has 108 valence electrons. The predicted molar refractivity (Wildman–Crippen MR) is 82.7 cm³/mol. The molecule has 0 fully saturated rings. The summed E-state index contributed by atoms with van der Waals surface area (Å²) in [6.07, 6.45) is 0. The van der Waals surface area contributed by atoms with Crippen LogP contribution in [0.15, 0.2) is 36.4 Å². The van der Waals surface area contributed by atoms with E-state index >= 15 is 0 Å². The number of anilines is 1. The second-order valence-electron chi connectivity index (χ2n) is 4.93. The summed E-state index contributed by atoms with van der Waals surface area (Å²) >= 11 is 5.28. The summed E-state index contributed by atoms with van der Waals surface area (Å²) in [5.41, 5.74) is 2.25. The van der Waals surface area contributed by atoms with Crippen molar-refractivity contribution in [3.63, 3.8) is 0 Å². The molecular formula is C15H13F2N3S. The van der Waals surface area contributed by atoms with Crippen molar-refractivity contribution >= 4 is 28.9 Å². The first kappa shape index (κ1) is 13.8. The van der Waals surface area contributed by atoms with E-state index in [1.807, 2.05) is 43.3 Å². The number of benzene rings is 2. The lowest BCUT2D eigenvalue weighted by molar-refractivity contribution is 0.590. The summed E-state index contributed by atoms with van der Waals surface area (Å²) in [4.78, 5) is 4.73. The maximum absolute atomic E-state index is 13.9. The summed E-state index contributed by atoms with van der Waals surface area (Å²) in [5.74, 6) is -1.29. The largest absolute Gasteiger partial charge is 0.376 e. The number of H-pyrrole nitrogens is 1. The molecule has 3 rings (SSSR count). The van der Waals surface area contributed by atoms with Crippen LogP contribution in [0.3, 0.4) is 0 Å². The van der Waals surface area contributed by atoms with E-state index in [0.717, 1.165) is 17.4 Å². The van der Waals surface area contributed by atoms with Crippen molar-refractivity contribution in [3.05, 3.63) is 52.8 Å². The molecule has 0 aliphatic heterocycles. The zero-order valence-corrected chi connectivity index (χ0v) is 12.3. The van der Waals surface area contributed by atoms with Gasteiger partial charge in [0.2, 0.25) is 0 Å². The number of aromatic amines is 1. The third-order valence-corrected chi connectivity index (χ3v) is 3.60. The molecule has 0 aliphatic carbocycles. The van der Waals surface area contributed by atoms with Crippen LogP contribution in [0.25, 0.3) is 16.7 Å². The molecule has 0 atom stereocenters. The minimum absolute atomic E-state index is 0.204. The summed E-state index contributed by atoms with van der Waals surface area (Å²) < 4.78 is 29.4. The van der Waals surface area contributed by atoms with E-state index in [-0.39, 0.29) is 5.52 Å². The van der Waals surface area contributed by atoms with Gasteiger partial charge >= 0.3 is 0 Å². The molecule has 0 aliphatic rings. The Bertz CT molecular complexity index is 880. The first-order chi connectivity index (χ1) is 9.99. The van der Waals surface area contributed by atoms with Gasteiger partial charge in [0, 0.05) is 26.2 Å². The normalized spacial score (nSPS) is 11.0. The molecule has 0 saturated heterocycles. The smallest absolute Gasteiger partial charge is 0.182 e. The number of nitrogens with one attached hydrogen (secondary N) is 1. The number of rotatable bonds is 2. The maximum Gasteiger partial charge on any atom is 0.182 e. The van der Waals surface area contributed by atoms with Crippen LogP contribution in [0, 0.1) is 16.4 Å². The van der Waals surface area contributed by atoms with E-state index < -0.39 is 11.6 Å². The summed E-state index contributed by atoms with van der Waals surface area (Å²) in [6.45, 7) is 0. The van der Waals surface area contributed by atoms with Gasteiger partial charge in [0.15, 0.2) is 10.6 Å². The monoisotopic (exact) mass is 305 g/mol. The molecule has 2 aromatic carbocycles. The fraction of sp³-hybridized carbons (Fsp3) is 0.133. The van der Waals surface area contributed by atoms with E-state index in [1.54, 1.807) is 4.57 Å². The van der Waals surface area contributed by atoms with Gasteiger partial charge in [-0.05, 0) is 24.4 Å². The van der Waals surface area contributed by atoms with Crippen LogP contribution in [0.4, 0.5) is 14.5 Å². The van der Waals surface area contributed by atoms with Crippen LogP contribution in [-0.2, 0) is 0 Å². The molecule has 0 unspecified atom stereocenters. The highest BCUT2D eigenvalue weighted by molar-refractivity contribution is 7.71. The van der Waals surface area contributed by atoms with E-state index in [0.29, 0.717) is 10.3 Å². The Morgan fingerprint density at radius 3 is 2.57 bits per heavy atom. The quantitative estimate of drug-likeness (QED) is 0.723. The van der Waals surface area contributed by atoms with Gasteiger partial charge in [0.25, 0.3) is 0 Å². The molecule has 1 heterocycles. The Kier molecular flexibility index (Phi) is 3.25. The van der Waals surface area contributed by atoms with E-state index in [1.165, 1.54) is 6.07 Å². The Labute approximate surface area is 125 Å². The SMILES string of the molecule is CN(C)c1ccccc1-n1c(=S)[nH]c2c(F)cc(F)cc21. The van der Waals surface area contributed by atoms with Crippen LogP contribution < -0.4 is 4.90 Å². The standard InChI is InChI=1S/C15H13F2N3S/c1-19(2)11-5-3-4-6-12(11)20-13-8-9(16)7-10(17)14(13)18-15(20)21/h3-8H,1-2H3,(H,18,21).